The number of ether oxygens (including phenoxy) is 2. The molecular formula is C14H13IN2O4. The standard InChI is InChI=1S/C14H13IN2O4/c1-3-19-14(18)11-7(2)20-13(17)8(6-16)12(11)9-4-5-10(15)21-9/h4-5,12H,3,17H2,1-2H3/t12-/m0/s1. The van der Waals surface area contributed by atoms with E-state index < -0.39 is 11.9 Å². The average molecular weight is 400 g/mol. The van der Waals surface area contributed by atoms with Gasteiger partial charge < -0.3 is 19.6 Å². The van der Waals surface area contributed by atoms with Gasteiger partial charge in [0.2, 0.25) is 5.88 Å². The molecule has 1 aromatic heterocycles. The van der Waals surface area contributed by atoms with Crippen LogP contribution in [0.15, 0.2) is 39.3 Å². The molecule has 1 aliphatic heterocycles. The van der Waals surface area contributed by atoms with Gasteiger partial charge in [0.1, 0.15) is 23.2 Å². The van der Waals surface area contributed by atoms with Crippen LogP contribution in [0.5, 0.6) is 0 Å². The SMILES string of the molecule is CCOC(=O)C1=C(C)OC(N)=C(C#N)[C@H]1c1ccc(I)o1. The molecule has 0 radical (unpaired) electrons. The second kappa shape index (κ2) is 6.22. The van der Waals surface area contributed by atoms with Crippen LogP contribution in [0.1, 0.15) is 25.5 Å². The van der Waals surface area contributed by atoms with Gasteiger partial charge in [0.05, 0.1) is 18.1 Å². The van der Waals surface area contributed by atoms with E-state index in [0.29, 0.717) is 15.3 Å². The van der Waals surface area contributed by atoms with Crippen LogP contribution in [-0.2, 0) is 14.3 Å². The average Bonchev–Trinajstić information content (AvgIpc) is 2.84. The number of nitrogens with two attached hydrogens (primary N) is 1. The van der Waals surface area contributed by atoms with Crippen LogP contribution in [-0.4, -0.2) is 12.6 Å². The highest BCUT2D eigenvalue weighted by molar-refractivity contribution is 14.1. The minimum atomic E-state index is -0.716. The Morgan fingerprint density at radius 2 is 2.29 bits per heavy atom. The lowest BCUT2D eigenvalue weighted by Gasteiger charge is -2.25. The fourth-order valence-electron chi connectivity index (χ4n) is 2.12. The Balaban J connectivity index is 2.57. The molecule has 1 aromatic rings. The zero-order valence-corrected chi connectivity index (χ0v) is 13.6. The third-order valence-corrected chi connectivity index (χ3v) is 3.56. The summed E-state index contributed by atoms with van der Waals surface area (Å²) >= 11 is 2.01. The molecule has 0 saturated carbocycles. The molecule has 2 N–H and O–H groups in total. The Bertz CT molecular complexity index is 681. The first-order valence-corrected chi connectivity index (χ1v) is 7.28. The normalized spacial score (nSPS) is 18.3. The van der Waals surface area contributed by atoms with Crippen LogP contribution in [0.3, 0.4) is 0 Å². The highest BCUT2D eigenvalue weighted by atomic mass is 127. The summed E-state index contributed by atoms with van der Waals surface area (Å²) < 4.78 is 16.5. The molecule has 0 saturated heterocycles. The van der Waals surface area contributed by atoms with E-state index in [1.54, 1.807) is 26.0 Å². The van der Waals surface area contributed by atoms with E-state index in [1.165, 1.54) is 0 Å². The van der Waals surface area contributed by atoms with Crippen molar-refractivity contribution in [3.8, 4) is 6.07 Å². The minimum Gasteiger partial charge on any atom is -0.463 e. The maximum Gasteiger partial charge on any atom is 0.338 e. The smallest absolute Gasteiger partial charge is 0.338 e. The Kier molecular flexibility index (Phi) is 4.57. The van der Waals surface area contributed by atoms with E-state index in [0.717, 1.165) is 0 Å². The highest BCUT2D eigenvalue weighted by Crippen LogP contribution is 2.40. The molecule has 1 atom stereocenters. The second-order valence-electron chi connectivity index (χ2n) is 4.26. The summed E-state index contributed by atoms with van der Waals surface area (Å²) in [4.78, 5) is 12.2. The molecule has 110 valence electrons. The molecule has 0 unspecified atom stereocenters. The van der Waals surface area contributed by atoms with Crippen molar-refractivity contribution in [2.45, 2.75) is 19.8 Å². The van der Waals surface area contributed by atoms with Crippen LogP contribution in [0.2, 0.25) is 0 Å². The van der Waals surface area contributed by atoms with Crippen molar-refractivity contribution >= 4 is 28.6 Å². The van der Waals surface area contributed by atoms with Crippen molar-refractivity contribution in [2.75, 3.05) is 6.61 Å². The van der Waals surface area contributed by atoms with Crippen molar-refractivity contribution in [1.82, 2.24) is 0 Å². The molecule has 2 heterocycles. The summed E-state index contributed by atoms with van der Waals surface area (Å²) in [6, 6.07) is 5.43. The number of furan rings is 1. The second-order valence-corrected chi connectivity index (χ2v) is 5.32. The molecule has 0 fully saturated rings. The molecule has 0 aliphatic carbocycles. The third-order valence-electron chi connectivity index (χ3n) is 2.98. The molecule has 0 bridgehead atoms. The van der Waals surface area contributed by atoms with E-state index in [1.807, 2.05) is 28.7 Å². The van der Waals surface area contributed by atoms with E-state index in [4.69, 9.17) is 19.6 Å². The fourth-order valence-corrected chi connectivity index (χ4v) is 2.56. The van der Waals surface area contributed by atoms with E-state index in [9.17, 15) is 10.1 Å². The first kappa shape index (κ1) is 15.4. The zero-order chi connectivity index (χ0) is 15.6. The Hall–Kier alpha value is -1.95. The van der Waals surface area contributed by atoms with Gasteiger partial charge in [-0.3, -0.25) is 0 Å². The first-order valence-electron chi connectivity index (χ1n) is 6.20. The topological polar surface area (TPSA) is 98.5 Å². The predicted molar refractivity (Wildman–Crippen MR) is 81.4 cm³/mol. The van der Waals surface area contributed by atoms with Crippen molar-refractivity contribution in [2.24, 2.45) is 5.73 Å². The molecule has 1 aliphatic rings. The molecule has 0 spiro atoms. The summed E-state index contributed by atoms with van der Waals surface area (Å²) in [6.45, 7) is 3.53. The molecule has 0 aromatic carbocycles. The van der Waals surface area contributed by atoms with Crippen LogP contribution < -0.4 is 5.73 Å². The van der Waals surface area contributed by atoms with Crippen LogP contribution in [0.4, 0.5) is 0 Å². The molecule has 21 heavy (non-hydrogen) atoms. The quantitative estimate of drug-likeness (QED) is 0.619. The lowest BCUT2D eigenvalue weighted by atomic mass is 9.87. The first-order chi connectivity index (χ1) is 9.99. The largest absolute Gasteiger partial charge is 0.463 e. The summed E-state index contributed by atoms with van der Waals surface area (Å²) in [5.74, 6) is -0.539. The predicted octanol–water partition coefficient (Wildman–Crippen LogP) is 2.53. The lowest BCUT2D eigenvalue weighted by Crippen LogP contribution is -2.25. The lowest BCUT2D eigenvalue weighted by molar-refractivity contribution is -0.139. The van der Waals surface area contributed by atoms with Gasteiger partial charge in [0.15, 0.2) is 3.77 Å². The van der Waals surface area contributed by atoms with Gasteiger partial charge >= 0.3 is 5.97 Å². The van der Waals surface area contributed by atoms with Crippen LogP contribution in [0.25, 0.3) is 0 Å². The molecule has 7 heteroatoms. The fraction of sp³-hybridized carbons (Fsp3) is 0.286. The number of nitriles is 1. The Morgan fingerprint density at radius 3 is 2.81 bits per heavy atom. The molecule has 6 nitrogen and oxygen atoms in total. The van der Waals surface area contributed by atoms with Gasteiger partial charge in [0.25, 0.3) is 0 Å². The van der Waals surface area contributed by atoms with Gasteiger partial charge in [-0.05, 0) is 48.6 Å². The number of halogens is 1. The number of esters is 1. The van der Waals surface area contributed by atoms with Gasteiger partial charge in [-0.15, -0.1) is 0 Å². The molecule has 2 rings (SSSR count). The summed E-state index contributed by atoms with van der Waals surface area (Å²) in [5.41, 5.74) is 6.12. The van der Waals surface area contributed by atoms with E-state index >= 15 is 0 Å². The van der Waals surface area contributed by atoms with E-state index in [-0.39, 0.29) is 23.6 Å². The van der Waals surface area contributed by atoms with Gasteiger partial charge in [0, 0.05) is 0 Å². The van der Waals surface area contributed by atoms with Crippen molar-refractivity contribution in [3.63, 3.8) is 0 Å². The number of allylic oxidation sites excluding steroid dienone is 2. The van der Waals surface area contributed by atoms with Crippen molar-refractivity contribution in [3.05, 3.63) is 44.4 Å². The van der Waals surface area contributed by atoms with Crippen LogP contribution in [0, 0.1) is 15.1 Å². The van der Waals surface area contributed by atoms with Crippen LogP contribution >= 0.6 is 22.6 Å². The molecular weight excluding hydrogens is 387 g/mol. The highest BCUT2D eigenvalue weighted by Gasteiger charge is 2.38. The minimum absolute atomic E-state index is 0.0283. The number of carbonyl (C=O) groups excluding carboxylic acids is 1. The van der Waals surface area contributed by atoms with Gasteiger partial charge in [-0.2, -0.15) is 5.26 Å². The summed E-state index contributed by atoms with van der Waals surface area (Å²) in [6.07, 6.45) is 0. The van der Waals surface area contributed by atoms with Gasteiger partial charge in [-0.1, -0.05) is 0 Å². The number of hydrogen-bond donors (Lipinski definition) is 1. The maximum absolute atomic E-state index is 12.2. The Morgan fingerprint density at radius 1 is 1.57 bits per heavy atom. The summed E-state index contributed by atoms with van der Waals surface area (Å²) in [5, 5.41) is 9.33. The number of nitrogens with zero attached hydrogens (tertiary/aromatic N) is 1. The third kappa shape index (κ3) is 2.90. The molecule has 0 amide bonds. The van der Waals surface area contributed by atoms with Gasteiger partial charge in [-0.25, -0.2) is 4.79 Å². The van der Waals surface area contributed by atoms with Crippen molar-refractivity contribution < 1.29 is 18.7 Å². The zero-order valence-electron chi connectivity index (χ0n) is 11.5. The van der Waals surface area contributed by atoms with E-state index in [2.05, 4.69) is 0 Å². The number of hydrogen-bond acceptors (Lipinski definition) is 6. The monoisotopic (exact) mass is 400 g/mol. The maximum atomic E-state index is 12.2. The summed E-state index contributed by atoms with van der Waals surface area (Å²) in [7, 11) is 0. The number of rotatable bonds is 3. The number of carbonyl (C=O) groups is 1. The van der Waals surface area contributed by atoms with Crippen molar-refractivity contribution in [1.29, 1.82) is 5.26 Å². The Labute approximate surface area is 135 Å².